The number of nitrogens with zero attached hydrogens (tertiary/aromatic N) is 2. The number of Topliss-reactive ketones (excluding diaryl/α,β-unsaturated/α-hetero) is 1. The standard InChI is InChI=1S/C20H16N2O5S/c1-12-14-4-2-3-5-16(14)26-19(12)15(23)10-25-18(24)7-6-17-21-20(22-27-17)13-8-9-28-11-13/h2-5,8-9,11H,6-7,10H2,1H3. The molecule has 3 aromatic heterocycles. The fourth-order valence-corrected chi connectivity index (χ4v) is 3.43. The molecule has 0 radical (unpaired) electrons. The summed E-state index contributed by atoms with van der Waals surface area (Å²) in [6.45, 7) is 1.44. The SMILES string of the molecule is Cc1c(C(=O)COC(=O)CCc2nc(-c3ccsc3)no2)oc2ccccc12. The van der Waals surface area contributed by atoms with Crippen molar-refractivity contribution < 1.29 is 23.3 Å². The summed E-state index contributed by atoms with van der Waals surface area (Å²) in [5, 5.41) is 8.58. The van der Waals surface area contributed by atoms with Crippen LogP contribution < -0.4 is 0 Å². The van der Waals surface area contributed by atoms with Crippen LogP contribution in [0.2, 0.25) is 0 Å². The second kappa shape index (κ2) is 7.77. The monoisotopic (exact) mass is 396 g/mol. The number of benzene rings is 1. The van der Waals surface area contributed by atoms with Crippen molar-refractivity contribution in [2.24, 2.45) is 0 Å². The van der Waals surface area contributed by atoms with Gasteiger partial charge in [0.15, 0.2) is 12.4 Å². The van der Waals surface area contributed by atoms with E-state index in [1.807, 2.05) is 41.9 Å². The van der Waals surface area contributed by atoms with E-state index in [-0.39, 0.29) is 31.0 Å². The number of thiophene rings is 1. The van der Waals surface area contributed by atoms with E-state index in [9.17, 15) is 9.59 Å². The van der Waals surface area contributed by atoms with Crippen molar-refractivity contribution in [3.63, 3.8) is 0 Å². The third-order valence-corrected chi connectivity index (χ3v) is 4.93. The van der Waals surface area contributed by atoms with Crippen LogP contribution in [0.4, 0.5) is 0 Å². The van der Waals surface area contributed by atoms with Crippen LogP contribution in [0.15, 0.2) is 50.0 Å². The molecular formula is C20H16N2O5S. The molecule has 1 aromatic carbocycles. The topological polar surface area (TPSA) is 95.4 Å². The summed E-state index contributed by atoms with van der Waals surface area (Å²) in [7, 11) is 0. The van der Waals surface area contributed by atoms with Crippen LogP contribution in [-0.4, -0.2) is 28.5 Å². The molecule has 0 fully saturated rings. The Morgan fingerprint density at radius 2 is 2.07 bits per heavy atom. The molecule has 0 unspecified atom stereocenters. The number of furan rings is 1. The normalized spacial score (nSPS) is 11.0. The zero-order valence-electron chi connectivity index (χ0n) is 15.0. The number of carbonyl (C=O) groups excluding carboxylic acids is 2. The maximum Gasteiger partial charge on any atom is 0.306 e. The molecule has 28 heavy (non-hydrogen) atoms. The Kier molecular flexibility index (Phi) is 5.03. The first-order valence-electron chi connectivity index (χ1n) is 8.64. The quantitative estimate of drug-likeness (QED) is 0.341. The molecule has 0 amide bonds. The van der Waals surface area contributed by atoms with Crippen molar-refractivity contribution in [2.75, 3.05) is 6.61 Å². The van der Waals surface area contributed by atoms with Crippen molar-refractivity contribution >= 4 is 34.1 Å². The maximum absolute atomic E-state index is 12.3. The van der Waals surface area contributed by atoms with Crippen molar-refractivity contribution in [1.29, 1.82) is 0 Å². The Bertz CT molecular complexity index is 1130. The van der Waals surface area contributed by atoms with Gasteiger partial charge in [-0.2, -0.15) is 16.3 Å². The van der Waals surface area contributed by atoms with Crippen LogP contribution in [0.25, 0.3) is 22.4 Å². The first kappa shape index (κ1) is 18.1. The predicted molar refractivity (Wildman–Crippen MR) is 102 cm³/mol. The Morgan fingerprint density at radius 3 is 2.86 bits per heavy atom. The Balaban J connectivity index is 1.30. The number of aromatic nitrogens is 2. The highest BCUT2D eigenvalue weighted by molar-refractivity contribution is 7.08. The van der Waals surface area contributed by atoms with Gasteiger partial charge in [0.05, 0.1) is 6.42 Å². The van der Waals surface area contributed by atoms with Crippen LogP contribution in [0.5, 0.6) is 0 Å². The van der Waals surface area contributed by atoms with Crippen molar-refractivity contribution in [2.45, 2.75) is 19.8 Å². The van der Waals surface area contributed by atoms with Gasteiger partial charge in [-0.1, -0.05) is 23.4 Å². The minimum Gasteiger partial charge on any atom is -0.457 e. The van der Waals surface area contributed by atoms with Gasteiger partial charge in [-0.25, -0.2) is 0 Å². The third-order valence-electron chi connectivity index (χ3n) is 4.25. The minimum atomic E-state index is -0.516. The van der Waals surface area contributed by atoms with Crippen LogP contribution >= 0.6 is 11.3 Å². The number of fused-ring (bicyclic) bond motifs is 1. The van der Waals surface area contributed by atoms with Crippen molar-refractivity contribution in [3.05, 3.63) is 58.3 Å². The van der Waals surface area contributed by atoms with Crippen LogP contribution in [0.3, 0.4) is 0 Å². The van der Waals surface area contributed by atoms with Gasteiger partial charge in [-0.3, -0.25) is 9.59 Å². The molecule has 0 saturated heterocycles. The van der Waals surface area contributed by atoms with E-state index < -0.39 is 5.97 Å². The molecule has 0 aliphatic rings. The number of esters is 1. The summed E-state index contributed by atoms with van der Waals surface area (Å²) >= 11 is 1.54. The molecule has 3 heterocycles. The average molecular weight is 396 g/mol. The summed E-state index contributed by atoms with van der Waals surface area (Å²) in [6, 6.07) is 9.27. The summed E-state index contributed by atoms with van der Waals surface area (Å²) in [5.41, 5.74) is 2.24. The highest BCUT2D eigenvalue weighted by Crippen LogP contribution is 2.25. The lowest BCUT2D eigenvalue weighted by Crippen LogP contribution is -2.14. The average Bonchev–Trinajstić information content (AvgIpc) is 3.45. The number of hydrogen-bond donors (Lipinski definition) is 0. The summed E-state index contributed by atoms with van der Waals surface area (Å²) < 4.78 is 15.8. The fraction of sp³-hybridized carbons (Fsp3) is 0.200. The highest BCUT2D eigenvalue weighted by atomic mass is 32.1. The molecule has 0 spiro atoms. The molecule has 4 aromatic rings. The molecule has 7 nitrogen and oxygen atoms in total. The summed E-state index contributed by atoms with van der Waals surface area (Å²) in [4.78, 5) is 28.5. The Labute approximate surface area is 163 Å². The van der Waals surface area contributed by atoms with E-state index >= 15 is 0 Å². The van der Waals surface area contributed by atoms with E-state index in [4.69, 9.17) is 13.7 Å². The summed E-state index contributed by atoms with van der Waals surface area (Å²) in [5.74, 6) is 0.154. The van der Waals surface area contributed by atoms with Gasteiger partial charge in [0, 0.05) is 28.3 Å². The first-order valence-corrected chi connectivity index (χ1v) is 9.58. The van der Waals surface area contributed by atoms with Gasteiger partial charge < -0.3 is 13.7 Å². The lowest BCUT2D eigenvalue weighted by Gasteiger charge is -2.02. The first-order chi connectivity index (χ1) is 13.6. The third kappa shape index (κ3) is 3.72. The molecule has 8 heteroatoms. The number of rotatable bonds is 7. The lowest BCUT2D eigenvalue weighted by atomic mass is 10.1. The maximum atomic E-state index is 12.3. The fourth-order valence-electron chi connectivity index (χ4n) is 2.80. The van der Waals surface area contributed by atoms with Crippen LogP contribution in [-0.2, 0) is 16.0 Å². The van der Waals surface area contributed by atoms with Gasteiger partial charge >= 0.3 is 5.97 Å². The molecule has 0 aliphatic heterocycles. The second-order valence-electron chi connectivity index (χ2n) is 6.16. The number of hydrogen-bond acceptors (Lipinski definition) is 8. The molecule has 142 valence electrons. The smallest absolute Gasteiger partial charge is 0.306 e. The zero-order valence-corrected chi connectivity index (χ0v) is 15.8. The molecule has 0 atom stereocenters. The number of ether oxygens (including phenoxy) is 1. The van der Waals surface area contributed by atoms with Crippen LogP contribution in [0, 0.1) is 6.92 Å². The number of ketones is 1. The predicted octanol–water partition coefficient (Wildman–Crippen LogP) is 4.21. The molecule has 0 saturated carbocycles. The molecule has 0 N–H and O–H groups in total. The van der Waals surface area contributed by atoms with E-state index in [0.29, 0.717) is 17.3 Å². The van der Waals surface area contributed by atoms with Crippen molar-refractivity contribution in [3.8, 4) is 11.4 Å². The molecule has 4 rings (SSSR count). The number of carbonyl (C=O) groups is 2. The van der Waals surface area contributed by atoms with E-state index in [0.717, 1.165) is 16.5 Å². The van der Waals surface area contributed by atoms with E-state index in [1.165, 1.54) is 11.3 Å². The minimum absolute atomic E-state index is 0.0393. The molecule has 0 aliphatic carbocycles. The van der Waals surface area contributed by atoms with Gasteiger partial charge in [-0.05, 0) is 24.4 Å². The van der Waals surface area contributed by atoms with Crippen molar-refractivity contribution in [1.82, 2.24) is 10.1 Å². The Morgan fingerprint density at radius 1 is 1.21 bits per heavy atom. The van der Waals surface area contributed by atoms with Gasteiger partial charge in [0.2, 0.25) is 17.5 Å². The highest BCUT2D eigenvalue weighted by Gasteiger charge is 2.19. The summed E-state index contributed by atoms with van der Waals surface area (Å²) in [6.07, 6.45) is 0.283. The molecule has 0 bridgehead atoms. The second-order valence-corrected chi connectivity index (χ2v) is 6.94. The Hall–Kier alpha value is -3.26. The largest absolute Gasteiger partial charge is 0.457 e. The number of para-hydroxylation sites is 1. The van der Waals surface area contributed by atoms with Gasteiger partial charge in [-0.15, -0.1) is 0 Å². The lowest BCUT2D eigenvalue weighted by molar-refractivity contribution is -0.142. The van der Waals surface area contributed by atoms with Gasteiger partial charge in [0.1, 0.15) is 5.58 Å². The van der Waals surface area contributed by atoms with E-state index in [2.05, 4.69) is 10.1 Å². The van der Waals surface area contributed by atoms with Gasteiger partial charge in [0.25, 0.3) is 0 Å². The molecular weight excluding hydrogens is 380 g/mol. The van der Waals surface area contributed by atoms with E-state index in [1.54, 1.807) is 6.07 Å². The zero-order chi connectivity index (χ0) is 19.5. The van der Waals surface area contributed by atoms with Crippen LogP contribution in [0.1, 0.15) is 28.4 Å². The number of aryl methyl sites for hydroxylation is 2.